The van der Waals surface area contributed by atoms with Gasteiger partial charge in [0.25, 0.3) is 0 Å². The Balaban J connectivity index is 1.44. The van der Waals surface area contributed by atoms with E-state index in [9.17, 15) is 24.0 Å². The molecule has 4 aromatic carbocycles. The van der Waals surface area contributed by atoms with Gasteiger partial charge in [-0.05, 0) is 47.9 Å². The molecule has 0 heterocycles. The van der Waals surface area contributed by atoms with Crippen LogP contribution in [0, 0.1) is 5.92 Å². The van der Waals surface area contributed by atoms with Crippen molar-refractivity contribution in [1.29, 1.82) is 0 Å². The van der Waals surface area contributed by atoms with Crippen LogP contribution in [0.1, 0.15) is 62.3 Å². The van der Waals surface area contributed by atoms with Crippen LogP contribution in [0.4, 0.5) is 4.79 Å². The third-order valence-electron chi connectivity index (χ3n) is 8.68. The number of benzene rings is 4. The SMILES string of the molecule is CCOC(=O)/C=C/[C@H](CCC(=O)NC(c1ccccc1)(c1ccccc1)c1ccccc1)NC(=O)CNC(=O)[C@H](CC(C)C)NC(=O)OCc1ccccc1. The average molecular weight is 747 g/mol. The van der Waals surface area contributed by atoms with E-state index in [0.717, 1.165) is 22.3 Å². The van der Waals surface area contributed by atoms with Gasteiger partial charge in [-0.25, -0.2) is 9.59 Å². The third kappa shape index (κ3) is 13.0. The highest BCUT2D eigenvalue weighted by molar-refractivity contribution is 5.90. The van der Waals surface area contributed by atoms with Crippen molar-refractivity contribution in [2.24, 2.45) is 5.92 Å². The van der Waals surface area contributed by atoms with Crippen LogP contribution < -0.4 is 21.3 Å². The molecule has 0 aliphatic carbocycles. The molecule has 0 unspecified atom stereocenters. The second-order valence-corrected chi connectivity index (χ2v) is 13.3. The molecule has 0 saturated carbocycles. The highest BCUT2D eigenvalue weighted by atomic mass is 16.5. The van der Waals surface area contributed by atoms with Crippen LogP contribution >= 0.6 is 0 Å². The fraction of sp³-hybridized carbons (Fsp3) is 0.295. The van der Waals surface area contributed by atoms with E-state index in [-0.39, 0.29) is 37.9 Å². The first-order valence-electron chi connectivity index (χ1n) is 18.5. The maximum atomic E-state index is 14.0. The molecule has 288 valence electrons. The predicted octanol–water partition coefficient (Wildman–Crippen LogP) is 5.94. The highest BCUT2D eigenvalue weighted by Gasteiger charge is 2.37. The minimum atomic E-state index is -1.03. The summed E-state index contributed by atoms with van der Waals surface area (Å²) in [6, 6.07) is 36.5. The number of ether oxygens (including phenoxy) is 2. The number of carbonyl (C=O) groups excluding carboxylic acids is 5. The van der Waals surface area contributed by atoms with Crippen molar-refractivity contribution < 1.29 is 33.4 Å². The van der Waals surface area contributed by atoms with Gasteiger partial charge >= 0.3 is 12.1 Å². The number of carbonyl (C=O) groups is 5. The molecule has 2 atom stereocenters. The summed E-state index contributed by atoms with van der Waals surface area (Å²) >= 11 is 0. The lowest BCUT2D eigenvalue weighted by atomic mass is 9.77. The number of hydrogen-bond donors (Lipinski definition) is 4. The number of hydrogen-bond acceptors (Lipinski definition) is 7. The third-order valence-corrected chi connectivity index (χ3v) is 8.68. The number of nitrogens with one attached hydrogen (secondary N) is 4. The van der Waals surface area contributed by atoms with Crippen LogP contribution in [0.15, 0.2) is 133 Å². The lowest BCUT2D eigenvalue weighted by molar-refractivity contribution is -0.137. The van der Waals surface area contributed by atoms with E-state index in [2.05, 4.69) is 21.3 Å². The minimum absolute atomic E-state index is 0.0236. The van der Waals surface area contributed by atoms with Crippen molar-refractivity contribution in [1.82, 2.24) is 21.3 Å². The molecule has 4 N–H and O–H groups in total. The quantitative estimate of drug-likeness (QED) is 0.0527. The Morgan fingerprint density at radius 2 is 1.22 bits per heavy atom. The molecule has 4 rings (SSSR count). The molecular weight excluding hydrogens is 697 g/mol. The zero-order chi connectivity index (χ0) is 39.5. The van der Waals surface area contributed by atoms with Gasteiger partial charge in [-0.15, -0.1) is 0 Å². The Labute approximate surface area is 322 Å². The van der Waals surface area contributed by atoms with Crippen LogP contribution in [0.3, 0.4) is 0 Å². The largest absolute Gasteiger partial charge is 0.463 e. The fourth-order valence-corrected chi connectivity index (χ4v) is 6.10. The Kier molecular flexibility index (Phi) is 16.2. The highest BCUT2D eigenvalue weighted by Crippen LogP contribution is 2.37. The fourth-order valence-electron chi connectivity index (χ4n) is 6.10. The first-order chi connectivity index (χ1) is 26.6. The molecule has 0 aromatic heterocycles. The Morgan fingerprint density at radius 3 is 1.73 bits per heavy atom. The van der Waals surface area contributed by atoms with Gasteiger partial charge in [0.1, 0.15) is 18.2 Å². The molecule has 0 bridgehead atoms. The summed E-state index contributed by atoms with van der Waals surface area (Å²) in [5.41, 5.74) is 2.35. The molecule has 0 fully saturated rings. The molecule has 55 heavy (non-hydrogen) atoms. The smallest absolute Gasteiger partial charge is 0.408 e. The molecule has 4 amide bonds. The van der Waals surface area contributed by atoms with Crippen molar-refractivity contribution in [2.45, 2.75) is 64.3 Å². The maximum Gasteiger partial charge on any atom is 0.408 e. The number of amides is 4. The maximum absolute atomic E-state index is 14.0. The molecular formula is C44H50N4O7. The van der Waals surface area contributed by atoms with Crippen LogP contribution in [0.5, 0.6) is 0 Å². The summed E-state index contributed by atoms with van der Waals surface area (Å²) in [6.45, 7) is 5.29. The summed E-state index contributed by atoms with van der Waals surface area (Å²) in [5.74, 6) is -1.97. The number of esters is 1. The van der Waals surface area contributed by atoms with Gasteiger partial charge in [0.2, 0.25) is 17.7 Å². The standard InChI is InChI=1S/C44H50N4O7/c1-4-54-41(51)28-26-37(46-40(50)30-45-42(52)38(29-32(2)3)47-43(53)55-31-33-17-9-5-10-18-33)25-27-39(49)48-44(34-19-11-6-12-20-34,35-21-13-7-14-22-35)36-23-15-8-16-24-36/h5-24,26,28,32,37-38H,4,25,27,29-31H2,1-3H3,(H,45,52)(H,46,50)(H,47,53)(H,48,49)/b28-26+/t37-,38-/m0/s1. The Bertz CT molecular complexity index is 1760. The van der Waals surface area contributed by atoms with Gasteiger partial charge in [-0.1, -0.05) is 141 Å². The van der Waals surface area contributed by atoms with Crippen molar-refractivity contribution in [3.05, 3.63) is 156 Å². The normalized spacial score (nSPS) is 12.3. The Morgan fingerprint density at radius 1 is 0.691 bits per heavy atom. The van der Waals surface area contributed by atoms with E-state index >= 15 is 0 Å². The van der Waals surface area contributed by atoms with Crippen molar-refractivity contribution >= 4 is 29.8 Å². The topological polar surface area (TPSA) is 152 Å². The van der Waals surface area contributed by atoms with Gasteiger partial charge < -0.3 is 30.7 Å². The van der Waals surface area contributed by atoms with Crippen LogP contribution in [-0.4, -0.2) is 55.0 Å². The minimum Gasteiger partial charge on any atom is -0.463 e. The molecule has 0 spiro atoms. The first kappa shape index (κ1) is 41.5. The average Bonchev–Trinajstić information content (AvgIpc) is 3.20. The Hall–Kier alpha value is -6.23. The zero-order valence-corrected chi connectivity index (χ0v) is 31.5. The van der Waals surface area contributed by atoms with Gasteiger partial charge in [0, 0.05) is 18.5 Å². The number of rotatable bonds is 19. The van der Waals surface area contributed by atoms with Crippen LogP contribution in [-0.2, 0) is 40.8 Å². The van der Waals surface area contributed by atoms with Gasteiger partial charge in [0.05, 0.1) is 13.2 Å². The van der Waals surface area contributed by atoms with Gasteiger partial charge in [-0.3, -0.25) is 14.4 Å². The van der Waals surface area contributed by atoms with Crippen molar-refractivity contribution in [2.75, 3.05) is 13.2 Å². The predicted molar refractivity (Wildman–Crippen MR) is 210 cm³/mol. The zero-order valence-electron chi connectivity index (χ0n) is 31.5. The van der Waals surface area contributed by atoms with Crippen LogP contribution in [0.25, 0.3) is 0 Å². The lowest BCUT2D eigenvalue weighted by Crippen LogP contribution is -2.50. The van der Waals surface area contributed by atoms with Gasteiger partial charge in [0.15, 0.2) is 0 Å². The molecule has 11 heteroatoms. The summed E-state index contributed by atoms with van der Waals surface area (Å²) in [5, 5.41) is 11.3. The van der Waals surface area contributed by atoms with Gasteiger partial charge in [-0.2, -0.15) is 0 Å². The van der Waals surface area contributed by atoms with E-state index in [1.165, 1.54) is 12.2 Å². The summed E-state index contributed by atoms with van der Waals surface area (Å²) in [6.07, 6.45) is 2.33. The van der Waals surface area contributed by atoms with E-state index in [1.807, 2.05) is 135 Å². The molecule has 0 saturated heterocycles. The molecule has 0 aliphatic heterocycles. The van der Waals surface area contributed by atoms with Crippen molar-refractivity contribution in [3.63, 3.8) is 0 Å². The molecule has 0 aliphatic rings. The van der Waals surface area contributed by atoms with E-state index in [1.54, 1.807) is 6.92 Å². The second-order valence-electron chi connectivity index (χ2n) is 13.3. The van der Waals surface area contributed by atoms with Crippen molar-refractivity contribution in [3.8, 4) is 0 Å². The number of alkyl carbamates (subject to hydrolysis) is 1. The van der Waals surface area contributed by atoms with E-state index in [0.29, 0.717) is 6.42 Å². The van der Waals surface area contributed by atoms with Crippen LogP contribution in [0.2, 0.25) is 0 Å². The second kappa shape index (κ2) is 21.5. The van der Waals surface area contributed by atoms with E-state index < -0.39 is 48.0 Å². The lowest BCUT2D eigenvalue weighted by Gasteiger charge is -2.37. The molecule has 0 radical (unpaired) electrons. The monoisotopic (exact) mass is 746 g/mol. The molecule has 4 aromatic rings. The summed E-state index contributed by atoms with van der Waals surface area (Å²) in [4.78, 5) is 65.1. The molecule has 11 nitrogen and oxygen atoms in total. The van der Waals surface area contributed by atoms with E-state index in [4.69, 9.17) is 9.47 Å². The first-order valence-corrected chi connectivity index (χ1v) is 18.5. The summed E-state index contributed by atoms with van der Waals surface area (Å²) in [7, 11) is 0. The summed E-state index contributed by atoms with van der Waals surface area (Å²) < 4.78 is 10.3.